The van der Waals surface area contributed by atoms with Crippen LogP contribution in [0.15, 0.2) is 30.6 Å². The van der Waals surface area contributed by atoms with Gasteiger partial charge < -0.3 is 9.64 Å². The van der Waals surface area contributed by atoms with E-state index in [-0.39, 0.29) is 5.78 Å². The molecular formula is C16H18N4O2. The third kappa shape index (κ3) is 2.21. The van der Waals surface area contributed by atoms with Crippen LogP contribution in [-0.2, 0) is 4.74 Å². The number of rotatable bonds is 4. The lowest BCUT2D eigenvalue weighted by Gasteiger charge is -2.36. The van der Waals surface area contributed by atoms with Crippen LogP contribution in [0.25, 0.3) is 0 Å². The zero-order valence-corrected chi connectivity index (χ0v) is 12.9. The molecule has 0 radical (unpaired) electrons. The predicted octanol–water partition coefficient (Wildman–Crippen LogP) is 2.89. The molecule has 0 fully saturated rings. The van der Waals surface area contributed by atoms with Crippen LogP contribution in [0.5, 0.6) is 0 Å². The van der Waals surface area contributed by atoms with Crippen molar-refractivity contribution in [1.29, 1.82) is 0 Å². The fraction of sp³-hybridized carbons (Fsp3) is 0.312. The average Bonchev–Trinajstić information content (AvgIpc) is 2.57. The molecule has 0 saturated carbocycles. The molecule has 0 N–H and O–H groups in total. The summed E-state index contributed by atoms with van der Waals surface area (Å²) in [6.45, 7) is 2.21. The van der Waals surface area contributed by atoms with Crippen LogP contribution in [0.3, 0.4) is 0 Å². The number of carbonyl (C=O) groups excluding carboxylic acids is 1. The minimum Gasteiger partial charge on any atom is -0.364 e. The number of hydrogen-bond acceptors (Lipinski definition) is 6. The lowest BCUT2D eigenvalue weighted by Crippen LogP contribution is -2.30. The first kappa shape index (κ1) is 14.5. The van der Waals surface area contributed by atoms with Gasteiger partial charge in [-0.05, 0) is 18.2 Å². The van der Waals surface area contributed by atoms with Gasteiger partial charge >= 0.3 is 0 Å². The zero-order valence-electron chi connectivity index (χ0n) is 12.9. The number of nitrogens with zero attached hydrogens (tertiary/aromatic N) is 4. The molecule has 3 rings (SSSR count). The summed E-state index contributed by atoms with van der Waals surface area (Å²) >= 11 is 0. The Labute approximate surface area is 129 Å². The molecule has 0 amide bonds. The van der Waals surface area contributed by atoms with Gasteiger partial charge in [0.25, 0.3) is 0 Å². The van der Waals surface area contributed by atoms with Gasteiger partial charge in [0.1, 0.15) is 6.73 Å². The van der Waals surface area contributed by atoms with Crippen molar-refractivity contribution in [2.45, 2.75) is 13.3 Å². The van der Waals surface area contributed by atoms with E-state index in [4.69, 9.17) is 4.74 Å². The Hall–Kier alpha value is -2.47. The van der Waals surface area contributed by atoms with E-state index in [1.165, 1.54) is 0 Å². The van der Waals surface area contributed by atoms with Gasteiger partial charge in [0.2, 0.25) is 0 Å². The summed E-state index contributed by atoms with van der Waals surface area (Å²) in [7, 11) is 3.58. The number of aromatic nitrogens is 2. The van der Waals surface area contributed by atoms with Gasteiger partial charge in [-0.3, -0.25) is 9.69 Å². The summed E-state index contributed by atoms with van der Waals surface area (Å²) in [6.07, 6.45) is 3.80. The van der Waals surface area contributed by atoms with E-state index in [2.05, 4.69) is 9.97 Å². The van der Waals surface area contributed by atoms with Gasteiger partial charge in [0, 0.05) is 38.5 Å². The second-order valence-corrected chi connectivity index (χ2v) is 5.09. The molecule has 1 aromatic heterocycles. The normalized spacial score (nSPS) is 12.9. The van der Waals surface area contributed by atoms with Crippen LogP contribution in [0, 0.1) is 0 Å². The number of ketones is 1. The highest BCUT2D eigenvalue weighted by molar-refractivity contribution is 6.00. The Morgan fingerprint density at radius 2 is 1.91 bits per heavy atom. The lowest BCUT2D eigenvalue weighted by atomic mass is 10.0. The molecule has 0 spiro atoms. The Morgan fingerprint density at radius 3 is 2.59 bits per heavy atom. The molecular weight excluding hydrogens is 280 g/mol. The highest BCUT2D eigenvalue weighted by Gasteiger charge is 2.29. The van der Waals surface area contributed by atoms with Gasteiger partial charge in [0.05, 0.1) is 11.4 Å². The largest absolute Gasteiger partial charge is 0.364 e. The van der Waals surface area contributed by atoms with Crippen LogP contribution >= 0.6 is 0 Å². The van der Waals surface area contributed by atoms with Crippen molar-refractivity contribution < 1.29 is 9.53 Å². The summed E-state index contributed by atoms with van der Waals surface area (Å²) in [6, 6.07) is 5.69. The molecule has 0 atom stereocenters. The van der Waals surface area contributed by atoms with Gasteiger partial charge in [0.15, 0.2) is 17.4 Å². The summed E-state index contributed by atoms with van der Waals surface area (Å²) in [5.74, 6) is 1.61. The Bertz CT molecular complexity index is 717. The monoisotopic (exact) mass is 298 g/mol. The van der Waals surface area contributed by atoms with Crippen LogP contribution in [0.2, 0.25) is 0 Å². The van der Waals surface area contributed by atoms with Gasteiger partial charge in [-0.25, -0.2) is 9.97 Å². The van der Waals surface area contributed by atoms with Crippen molar-refractivity contribution >= 4 is 28.8 Å². The number of carbonyl (C=O) groups is 1. The number of hydrogen-bond donors (Lipinski definition) is 0. The Kier molecular flexibility index (Phi) is 3.77. The molecule has 0 aliphatic carbocycles. The molecule has 22 heavy (non-hydrogen) atoms. The average molecular weight is 298 g/mol. The zero-order chi connectivity index (χ0) is 15.7. The van der Waals surface area contributed by atoms with Crippen LogP contribution in [0.1, 0.15) is 23.7 Å². The maximum atomic E-state index is 12.0. The molecule has 6 heteroatoms. The predicted molar refractivity (Wildman–Crippen MR) is 85.2 cm³/mol. The number of benzene rings is 1. The van der Waals surface area contributed by atoms with E-state index in [9.17, 15) is 4.79 Å². The van der Waals surface area contributed by atoms with E-state index in [0.717, 1.165) is 23.0 Å². The molecule has 1 aliphatic rings. The van der Waals surface area contributed by atoms with E-state index in [1.807, 2.05) is 42.0 Å². The summed E-state index contributed by atoms with van der Waals surface area (Å²) < 4.78 is 5.31. The fourth-order valence-electron chi connectivity index (χ4n) is 2.64. The first-order valence-electron chi connectivity index (χ1n) is 7.15. The highest BCUT2D eigenvalue weighted by Crippen LogP contribution is 2.44. The Balaban J connectivity index is 2.16. The molecule has 0 bridgehead atoms. The molecule has 0 unspecified atom stereocenters. The first-order chi connectivity index (χ1) is 10.7. The molecule has 0 saturated heterocycles. The van der Waals surface area contributed by atoms with Crippen molar-refractivity contribution in [2.24, 2.45) is 0 Å². The lowest BCUT2D eigenvalue weighted by molar-refractivity contribution is 0.0988. The molecule has 6 nitrogen and oxygen atoms in total. The summed E-state index contributed by atoms with van der Waals surface area (Å²) in [4.78, 5) is 24.7. The second kappa shape index (κ2) is 5.73. The van der Waals surface area contributed by atoms with Gasteiger partial charge in [-0.1, -0.05) is 6.92 Å². The fourth-order valence-corrected chi connectivity index (χ4v) is 2.64. The third-order valence-corrected chi connectivity index (χ3v) is 3.76. The molecule has 114 valence electrons. The second-order valence-electron chi connectivity index (χ2n) is 5.09. The standard InChI is InChI=1S/C16H18N4O2/c1-4-14(21)11-5-6-12-13(9-11)20(10-22-3)16-15(19(12)2)17-7-8-18-16/h5-9H,4,10H2,1-3H3. The van der Waals surface area contributed by atoms with E-state index < -0.39 is 0 Å². The smallest absolute Gasteiger partial charge is 0.178 e. The maximum absolute atomic E-state index is 12.0. The number of methoxy groups -OCH3 is 1. The van der Waals surface area contributed by atoms with E-state index >= 15 is 0 Å². The number of ether oxygens (including phenoxy) is 1. The quantitative estimate of drug-likeness (QED) is 0.809. The highest BCUT2D eigenvalue weighted by atomic mass is 16.5. The van der Waals surface area contributed by atoms with Crippen molar-refractivity contribution in [2.75, 3.05) is 30.7 Å². The number of anilines is 4. The molecule has 2 aromatic rings. The maximum Gasteiger partial charge on any atom is 0.178 e. The first-order valence-corrected chi connectivity index (χ1v) is 7.15. The molecule has 2 heterocycles. The third-order valence-electron chi connectivity index (χ3n) is 3.76. The molecule has 1 aromatic carbocycles. The van der Waals surface area contributed by atoms with Crippen LogP contribution in [0.4, 0.5) is 23.0 Å². The van der Waals surface area contributed by atoms with Crippen molar-refractivity contribution in [3.05, 3.63) is 36.2 Å². The SMILES string of the molecule is CCC(=O)c1ccc2c(c1)N(COC)c1nccnc1N2C. The number of fused-ring (bicyclic) bond motifs is 2. The van der Waals surface area contributed by atoms with Gasteiger partial charge in [-0.15, -0.1) is 0 Å². The minimum absolute atomic E-state index is 0.118. The van der Waals surface area contributed by atoms with E-state index in [0.29, 0.717) is 18.7 Å². The summed E-state index contributed by atoms with van der Waals surface area (Å²) in [5.41, 5.74) is 2.57. The molecule has 1 aliphatic heterocycles. The number of Topliss-reactive ketones (excluding diaryl/α,β-unsaturated/α-hetero) is 1. The Morgan fingerprint density at radius 1 is 1.18 bits per heavy atom. The summed E-state index contributed by atoms with van der Waals surface area (Å²) in [5, 5.41) is 0. The van der Waals surface area contributed by atoms with Crippen molar-refractivity contribution in [3.8, 4) is 0 Å². The topological polar surface area (TPSA) is 58.6 Å². The van der Waals surface area contributed by atoms with Crippen LogP contribution in [-0.4, -0.2) is 36.6 Å². The van der Waals surface area contributed by atoms with Crippen LogP contribution < -0.4 is 9.80 Å². The van der Waals surface area contributed by atoms with Gasteiger partial charge in [-0.2, -0.15) is 0 Å². The van der Waals surface area contributed by atoms with E-state index in [1.54, 1.807) is 19.5 Å². The minimum atomic E-state index is 0.118. The van der Waals surface area contributed by atoms with Crippen molar-refractivity contribution in [3.63, 3.8) is 0 Å². The van der Waals surface area contributed by atoms with Crippen molar-refractivity contribution in [1.82, 2.24) is 9.97 Å².